The average Bonchev–Trinajstić information content (AvgIpc) is 3.25. The second-order valence-corrected chi connectivity index (χ2v) is 18.6. The molecule has 336 valence electrons. The minimum atomic E-state index is -0.0995. The summed E-state index contributed by atoms with van der Waals surface area (Å²) in [6, 6.07) is 56.6. The fourth-order valence-corrected chi connectivity index (χ4v) is 6.88. The van der Waals surface area contributed by atoms with Crippen LogP contribution in [0.4, 0.5) is 4.39 Å². The highest BCUT2D eigenvalue weighted by Gasteiger charge is 2.04. The molecule has 0 radical (unpaired) electrons. The third-order valence-corrected chi connectivity index (χ3v) is 11.1. The number of hydrogen-bond acceptors (Lipinski definition) is 0. The van der Waals surface area contributed by atoms with Crippen LogP contribution in [0.3, 0.4) is 0 Å². The van der Waals surface area contributed by atoms with Gasteiger partial charge in [0.05, 0.1) is 0 Å². The van der Waals surface area contributed by atoms with Crippen LogP contribution < -0.4 is 0 Å². The van der Waals surface area contributed by atoms with Crippen LogP contribution in [0.15, 0.2) is 164 Å². The van der Waals surface area contributed by atoms with Crippen LogP contribution in [0.25, 0.3) is 10.8 Å². The van der Waals surface area contributed by atoms with E-state index in [1.807, 2.05) is 26.0 Å². The van der Waals surface area contributed by atoms with E-state index in [2.05, 4.69) is 236 Å². The van der Waals surface area contributed by atoms with Crippen molar-refractivity contribution in [2.75, 3.05) is 0 Å². The number of halogens is 1. The Labute approximate surface area is 385 Å². The maximum absolute atomic E-state index is 12.8. The molecule has 0 saturated heterocycles. The zero-order chi connectivity index (χ0) is 47.1. The molecule has 0 fully saturated rings. The Balaban J connectivity index is 0.000000261. The summed E-state index contributed by atoms with van der Waals surface area (Å²) in [4.78, 5) is 0. The van der Waals surface area contributed by atoms with Gasteiger partial charge in [-0.25, -0.2) is 4.39 Å². The maximum atomic E-state index is 12.8. The molecule has 0 aliphatic rings. The van der Waals surface area contributed by atoms with Gasteiger partial charge in [0.2, 0.25) is 0 Å². The van der Waals surface area contributed by atoms with E-state index in [9.17, 15) is 4.39 Å². The molecule has 63 heavy (non-hydrogen) atoms. The zero-order valence-electron chi connectivity index (χ0n) is 41.9. The van der Waals surface area contributed by atoms with Crippen molar-refractivity contribution in [1.29, 1.82) is 0 Å². The Bertz CT molecular complexity index is 2120. The van der Waals surface area contributed by atoms with Gasteiger partial charge in [-0.15, -0.1) is 0 Å². The maximum Gasteiger partial charge on any atom is 0.126 e. The molecule has 0 spiro atoms. The van der Waals surface area contributed by atoms with Gasteiger partial charge in [-0.2, -0.15) is 0 Å². The molecule has 0 amide bonds. The van der Waals surface area contributed by atoms with E-state index in [1.165, 1.54) is 66.9 Å². The van der Waals surface area contributed by atoms with E-state index < -0.39 is 0 Å². The van der Waals surface area contributed by atoms with E-state index in [1.54, 1.807) is 6.07 Å². The number of benzene rings is 7. The van der Waals surface area contributed by atoms with Crippen molar-refractivity contribution < 1.29 is 4.39 Å². The van der Waals surface area contributed by atoms with E-state index in [0.717, 1.165) is 5.56 Å². The van der Waals surface area contributed by atoms with Crippen molar-refractivity contribution in [3.63, 3.8) is 0 Å². The molecule has 7 aromatic carbocycles. The van der Waals surface area contributed by atoms with Crippen molar-refractivity contribution in [2.24, 2.45) is 0 Å². The lowest BCUT2D eigenvalue weighted by Crippen LogP contribution is -1.90. The molecule has 7 rings (SSSR count). The smallest absolute Gasteiger partial charge is 0.126 e. The summed E-state index contributed by atoms with van der Waals surface area (Å²) in [5.41, 5.74) is 13.5. The highest BCUT2D eigenvalue weighted by atomic mass is 19.1. The minimum Gasteiger partial charge on any atom is -0.207 e. The first kappa shape index (κ1) is 53.9. The summed E-state index contributed by atoms with van der Waals surface area (Å²) in [6.07, 6.45) is 0. The Morgan fingerprint density at radius 3 is 0.921 bits per heavy atom. The number of fused-ring (bicyclic) bond motifs is 1. The molecule has 0 aliphatic heterocycles. The van der Waals surface area contributed by atoms with Gasteiger partial charge in [-0.05, 0) is 125 Å². The average molecular weight is 845 g/mol. The van der Waals surface area contributed by atoms with Crippen molar-refractivity contribution >= 4 is 10.8 Å². The monoisotopic (exact) mass is 845 g/mol. The molecule has 0 atom stereocenters. The third-order valence-electron chi connectivity index (χ3n) is 11.1. The Morgan fingerprint density at radius 1 is 0.286 bits per heavy atom. The van der Waals surface area contributed by atoms with Crippen molar-refractivity contribution in [2.45, 2.75) is 146 Å². The van der Waals surface area contributed by atoms with E-state index in [0.29, 0.717) is 29.6 Å². The summed E-state index contributed by atoms with van der Waals surface area (Å²) in [7, 11) is 0. The Morgan fingerprint density at radius 2 is 0.603 bits per heavy atom. The van der Waals surface area contributed by atoms with Crippen LogP contribution in [0.2, 0.25) is 0 Å². The lowest BCUT2D eigenvalue weighted by Gasteiger charge is -2.07. The van der Waals surface area contributed by atoms with Crippen molar-refractivity contribution in [3.8, 4) is 0 Å². The standard InChI is InChI=1S/C13H14.4C10H14.C9H11F/c1-10(2)12-8-7-11-5-3-4-6-13(11)9-12;2*1-8(2)10-6-4-9(3)5-7-10;2*1-8(2)10-7-5-4-6-9(10)3;1-7(2)8-5-3-4-6-9(8)10/h3-10H,1-2H3;4*4-8H,1-3H3;3-7H,1-2H3. The van der Waals surface area contributed by atoms with E-state index in [4.69, 9.17) is 0 Å². The van der Waals surface area contributed by atoms with Gasteiger partial charge in [0.15, 0.2) is 0 Å². The molecule has 0 unspecified atom stereocenters. The van der Waals surface area contributed by atoms with Crippen LogP contribution in [0, 0.1) is 33.5 Å². The fourth-order valence-electron chi connectivity index (χ4n) is 6.88. The van der Waals surface area contributed by atoms with Gasteiger partial charge >= 0.3 is 0 Å². The molecule has 0 heterocycles. The molecule has 0 N–H and O–H groups in total. The van der Waals surface area contributed by atoms with Crippen LogP contribution in [-0.2, 0) is 0 Å². The summed E-state index contributed by atoms with van der Waals surface area (Å²) < 4.78 is 12.8. The van der Waals surface area contributed by atoms with Gasteiger partial charge in [0, 0.05) is 0 Å². The largest absolute Gasteiger partial charge is 0.207 e. The van der Waals surface area contributed by atoms with Gasteiger partial charge in [-0.1, -0.05) is 252 Å². The minimum absolute atomic E-state index is 0.0995. The number of aryl methyl sites for hydroxylation is 4. The fraction of sp³-hybridized carbons (Fsp3) is 0.355. The van der Waals surface area contributed by atoms with Gasteiger partial charge in [-0.3, -0.25) is 0 Å². The predicted molar refractivity (Wildman–Crippen MR) is 280 cm³/mol. The second-order valence-electron chi connectivity index (χ2n) is 18.6. The van der Waals surface area contributed by atoms with E-state index in [-0.39, 0.29) is 11.7 Å². The van der Waals surface area contributed by atoms with Gasteiger partial charge in [0.25, 0.3) is 0 Å². The molecular formula is C62H81F. The van der Waals surface area contributed by atoms with E-state index >= 15 is 0 Å². The SMILES string of the molecule is CC(C)c1ccc2ccccc2c1.CC(C)c1ccccc1F.Cc1ccc(C(C)C)cc1.Cc1ccc(C(C)C)cc1.Cc1ccccc1C(C)C.Cc1ccccc1C(C)C. The van der Waals surface area contributed by atoms with Crippen LogP contribution in [-0.4, -0.2) is 0 Å². The summed E-state index contributed by atoms with van der Waals surface area (Å²) >= 11 is 0. The van der Waals surface area contributed by atoms with Crippen LogP contribution >= 0.6 is 0 Å². The third kappa shape index (κ3) is 20.2. The molecule has 0 nitrogen and oxygen atoms in total. The lowest BCUT2D eigenvalue weighted by atomic mass is 9.99. The Hall–Kier alpha value is -5.27. The molecule has 0 bridgehead atoms. The lowest BCUT2D eigenvalue weighted by molar-refractivity contribution is 0.598. The molecular weight excluding hydrogens is 764 g/mol. The first-order valence-electron chi connectivity index (χ1n) is 23.3. The van der Waals surface area contributed by atoms with Crippen LogP contribution in [0.5, 0.6) is 0 Å². The summed E-state index contributed by atoms with van der Waals surface area (Å²) in [5.74, 6) is 3.41. The molecule has 7 aromatic rings. The summed E-state index contributed by atoms with van der Waals surface area (Å²) in [6.45, 7) is 34.7. The van der Waals surface area contributed by atoms with Gasteiger partial charge < -0.3 is 0 Å². The number of hydrogen-bond donors (Lipinski definition) is 0. The predicted octanol–water partition coefficient (Wildman–Crippen LogP) is 19.4. The highest BCUT2D eigenvalue weighted by molar-refractivity contribution is 5.83. The quantitative estimate of drug-likeness (QED) is 0.156. The highest BCUT2D eigenvalue weighted by Crippen LogP contribution is 2.22. The molecule has 1 heteroatoms. The second kappa shape index (κ2) is 28.4. The van der Waals surface area contributed by atoms with Crippen molar-refractivity contribution in [3.05, 3.63) is 225 Å². The Kier molecular flexibility index (Phi) is 24.3. The molecule has 0 aromatic heterocycles. The van der Waals surface area contributed by atoms with Gasteiger partial charge in [0.1, 0.15) is 5.82 Å². The first-order chi connectivity index (χ1) is 29.8. The first-order valence-corrected chi connectivity index (χ1v) is 23.3. The molecule has 0 saturated carbocycles. The summed E-state index contributed by atoms with van der Waals surface area (Å²) in [5, 5.41) is 2.67. The van der Waals surface area contributed by atoms with Crippen LogP contribution in [0.1, 0.15) is 174 Å². The normalized spacial score (nSPS) is 10.5. The topological polar surface area (TPSA) is 0 Å². The number of rotatable bonds is 6. The molecule has 0 aliphatic carbocycles. The van der Waals surface area contributed by atoms with Crippen molar-refractivity contribution in [1.82, 2.24) is 0 Å². The zero-order valence-corrected chi connectivity index (χ0v) is 41.9.